The molecular formula is C22H26N2O4S. The minimum atomic E-state index is -3.63. The van der Waals surface area contributed by atoms with Crippen LogP contribution in [-0.4, -0.2) is 38.3 Å². The number of hydrogen-bond acceptors (Lipinski definition) is 4. The van der Waals surface area contributed by atoms with Crippen molar-refractivity contribution < 1.29 is 17.9 Å². The van der Waals surface area contributed by atoms with Gasteiger partial charge in [0.2, 0.25) is 10.0 Å². The lowest BCUT2D eigenvalue weighted by atomic mass is 9.94. The average Bonchev–Trinajstić information content (AvgIpc) is 3.15. The maximum atomic E-state index is 13.1. The molecule has 0 saturated carbocycles. The molecule has 2 aromatic carbocycles. The molecule has 0 aliphatic carbocycles. The van der Waals surface area contributed by atoms with Gasteiger partial charge in [-0.15, -0.1) is 0 Å². The van der Waals surface area contributed by atoms with Crippen LogP contribution in [0.3, 0.4) is 0 Å². The van der Waals surface area contributed by atoms with Crippen LogP contribution in [-0.2, 0) is 16.4 Å². The number of ether oxygens (including phenoxy) is 1. The molecule has 0 spiro atoms. The number of rotatable bonds is 4. The maximum Gasteiger partial charge on any atom is 0.255 e. The summed E-state index contributed by atoms with van der Waals surface area (Å²) in [5.41, 5.74) is 2.06. The summed E-state index contributed by atoms with van der Waals surface area (Å²) < 4.78 is 33.3. The zero-order valence-corrected chi connectivity index (χ0v) is 17.5. The van der Waals surface area contributed by atoms with Gasteiger partial charge in [-0.2, -0.15) is 4.31 Å². The van der Waals surface area contributed by atoms with E-state index in [0.29, 0.717) is 42.8 Å². The fourth-order valence-electron chi connectivity index (χ4n) is 4.22. The van der Waals surface area contributed by atoms with Gasteiger partial charge < -0.3 is 10.1 Å². The van der Waals surface area contributed by atoms with Crippen molar-refractivity contribution in [3.8, 4) is 5.75 Å². The molecule has 1 N–H and O–H groups in total. The van der Waals surface area contributed by atoms with Gasteiger partial charge in [-0.3, -0.25) is 4.79 Å². The lowest BCUT2D eigenvalue weighted by molar-refractivity contribution is 0.102. The van der Waals surface area contributed by atoms with E-state index in [2.05, 4.69) is 19.2 Å². The predicted molar refractivity (Wildman–Crippen MR) is 112 cm³/mol. The minimum absolute atomic E-state index is 0.161. The molecule has 1 amide bonds. The fraction of sp³-hybridized carbons (Fsp3) is 0.409. The van der Waals surface area contributed by atoms with Crippen LogP contribution in [0, 0.1) is 11.8 Å². The third-order valence-corrected chi connectivity index (χ3v) is 7.34. The van der Waals surface area contributed by atoms with Crippen molar-refractivity contribution in [2.75, 3.05) is 25.0 Å². The van der Waals surface area contributed by atoms with Crippen molar-refractivity contribution >= 4 is 21.6 Å². The number of carbonyl (C=O) groups excluding carboxylic acids is 1. The molecule has 0 aromatic heterocycles. The van der Waals surface area contributed by atoms with Gasteiger partial charge in [0.15, 0.2) is 0 Å². The Labute approximate surface area is 171 Å². The van der Waals surface area contributed by atoms with E-state index in [1.165, 1.54) is 6.07 Å². The quantitative estimate of drug-likeness (QED) is 0.830. The Hall–Kier alpha value is -2.38. The van der Waals surface area contributed by atoms with Crippen molar-refractivity contribution in [1.29, 1.82) is 0 Å². The summed E-state index contributed by atoms with van der Waals surface area (Å²) in [5.74, 6) is 1.16. The van der Waals surface area contributed by atoms with Crippen molar-refractivity contribution in [2.45, 2.75) is 31.6 Å². The molecule has 2 heterocycles. The first-order valence-corrected chi connectivity index (χ1v) is 11.4. The van der Waals surface area contributed by atoms with Crippen LogP contribution >= 0.6 is 0 Å². The Morgan fingerprint density at radius 1 is 1.10 bits per heavy atom. The zero-order chi connectivity index (χ0) is 20.6. The summed E-state index contributed by atoms with van der Waals surface area (Å²) in [6.07, 6.45) is 1.85. The number of amides is 1. The Morgan fingerprint density at radius 3 is 2.62 bits per heavy atom. The highest BCUT2D eigenvalue weighted by Crippen LogP contribution is 2.29. The van der Waals surface area contributed by atoms with Crippen LogP contribution < -0.4 is 10.1 Å². The number of carbonyl (C=O) groups is 1. The average molecular weight is 415 g/mol. The third kappa shape index (κ3) is 4.16. The van der Waals surface area contributed by atoms with Crippen molar-refractivity contribution in [1.82, 2.24) is 4.31 Å². The van der Waals surface area contributed by atoms with Crippen LogP contribution in [0.2, 0.25) is 0 Å². The second-order valence-corrected chi connectivity index (χ2v) is 10.1. The minimum Gasteiger partial charge on any atom is -0.493 e. The first kappa shape index (κ1) is 19.9. The fourth-order valence-corrected chi connectivity index (χ4v) is 5.94. The van der Waals surface area contributed by atoms with Crippen molar-refractivity contribution in [3.05, 3.63) is 53.6 Å². The predicted octanol–water partition coefficient (Wildman–Crippen LogP) is 3.54. The van der Waals surface area contributed by atoms with E-state index >= 15 is 0 Å². The molecule has 2 unspecified atom stereocenters. The smallest absolute Gasteiger partial charge is 0.255 e. The topological polar surface area (TPSA) is 75.7 Å². The van der Waals surface area contributed by atoms with Gasteiger partial charge >= 0.3 is 0 Å². The number of nitrogens with one attached hydrogen (secondary N) is 1. The molecule has 29 heavy (non-hydrogen) atoms. The monoisotopic (exact) mass is 414 g/mol. The van der Waals surface area contributed by atoms with E-state index in [1.54, 1.807) is 28.6 Å². The van der Waals surface area contributed by atoms with Gasteiger partial charge in [0.1, 0.15) is 5.75 Å². The normalized spacial score (nSPS) is 22.0. The summed E-state index contributed by atoms with van der Waals surface area (Å²) in [6.45, 7) is 5.83. The van der Waals surface area contributed by atoms with Crippen LogP contribution in [0.4, 0.5) is 5.69 Å². The largest absolute Gasteiger partial charge is 0.493 e. The molecule has 1 saturated heterocycles. The summed E-state index contributed by atoms with van der Waals surface area (Å²) in [5, 5.41) is 2.86. The van der Waals surface area contributed by atoms with Crippen LogP contribution in [0.15, 0.2) is 47.4 Å². The van der Waals surface area contributed by atoms with Gasteiger partial charge in [-0.1, -0.05) is 19.9 Å². The van der Waals surface area contributed by atoms with E-state index < -0.39 is 10.0 Å². The highest BCUT2D eigenvalue weighted by Gasteiger charge is 2.32. The molecule has 7 heteroatoms. The molecule has 2 aliphatic rings. The number of piperidine rings is 1. The summed E-state index contributed by atoms with van der Waals surface area (Å²) in [7, 11) is -3.63. The number of nitrogens with zero attached hydrogens (tertiary/aromatic N) is 1. The Morgan fingerprint density at radius 2 is 1.86 bits per heavy atom. The molecule has 1 fully saturated rings. The third-order valence-electron chi connectivity index (χ3n) is 5.52. The first-order chi connectivity index (χ1) is 13.8. The van der Waals surface area contributed by atoms with Gasteiger partial charge in [-0.05, 0) is 60.2 Å². The molecule has 0 radical (unpaired) electrons. The number of hydrogen-bond donors (Lipinski definition) is 1. The van der Waals surface area contributed by atoms with E-state index in [4.69, 9.17) is 4.74 Å². The number of anilines is 1. The molecular weight excluding hydrogens is 388 g/mol. The molecule has 2 aliphatic heterocycles. The van der Waals surface area contributed by atoms with Gasteiger partial charge in [0.05, 0.1) is 11.5 Å². The van der Waals surface area contributed by atoms with E-state index in [1.807, 2.05) is 12.1 Å². The van der Waals surface area contributed by atoms with E-state index in [0.717, 1.165) is 24.2 Å². The summed E-state index contributed by atoms with van der Waals surface area (Å²) >= 11 is 0. The number of sulfonamides is 1. The molecule has 0 bridgehead atoms. The summed E-state index contributed by atoms with van der Waals surface area (Å²) in [6, 6.07) is 11.8. The second-order valence-electron chi connectivity index (χ2n) is 8.17. The number of fused-ring (bicyclic) bond motifs is 1. The first-order valence-electron chi connectivity index (χ1n) is 10.0. The highest BCUT2D eigenvalue weighted by atomic mass is 32.2. The highest BCUT2D eigenvalue weighted by molar-refractivity contribution is 7.89. The Balaban J connectivity index is 1.54. The van der Waals surface area contributed by atoms with Gasteiger partial charge in [0, 0.05) is 30.8 Å². The van der Waals surface area contributed by atoms with Crippen molar-refractivity contribution in [2.24, 2.45) is 11.8 Å². The summed E-state index contributed by atoms with van der Waals surface area (Å²) in [4.78, 5) is 12.9. The lowest BCUT2D eigenvalue weighted by Gasteiger charge is -2.34. The SMILES string of the molecule is CC1CC(C)CN(S(=O)(=O)c2cccc(C(=O)Nc3ccc4c(c3)CCO4)c2)C1. The number of benzene rings is 2. The van der Waals surface area contributed by atoms with Crippen molar-refractivity contribution in [3.63, 3.8) is 0 Å². The zero-order valence-electron chi connectivity index (χ0n) is 16.7. The lowest BCUT2D eigenvalue weighted by Crippen LogP contribution is -2.42. The van der Waals surface area contributed by atoms with E-state index in [9.17, 15) is 13.2 Å². The van der Waals surface area contributed by atoms with Crippen LogP contribution in [0.25, 0.3) is 0 Å². The Kier molecular flexibility index (Phi) is 5.36. The molecule has 2 atom stereocenters. The second kappa shape index (κ2) is 7.80. The van der Waals surface area contributed by atoms with Crippen LogP contribution in [0.1, 0.15) is 36.2 Å². The van der Waals surface area contributed by atoms with Crippen LogP contribution in [0.5, 0.6) is 5.75 Å². The Bertz CT molecular complexity index is 1020. The van der Waals surface area contributed by atoms with E-state index in [-0.39, 0.29) is 10.8 Å². The maximum absolute atomic E-state index is 13.1. The molecule has 4 rings (SSSR count). The van der Waals surface area contributed by atoms with Gasteiger partial charge in [0.25, 0.3) is 5.91 Å². The molecule has 2 aromatic rings. The molecule has 154 valence electrons. The standard InChI is InChI=1S/C22H26N2O4S/c1-15-10-16(2)14-24(13-15)29(26,27)20-5-3-4-18(12-20)22(25)23-19-6-7-21-17(11-19)8-9-28-21/h3-7,11-12,15-16H,8-10,13-14H2,1-2H3,(H,23,25). The molecule has 6 nitrogen and oxygen atoms in total. The van der Waals surface area contributed by atoms with Gasteiger partial charge in [-0.25, -0.2) is 8.42 Å².